The quantitative estimate of drug-likeness (QED) is 0.490. The maximum Gasteiger partial charge on any atom is 0.199 e. The van der Waals surface area contributed by atoms with Crippen molar-refractivity contribution in [1.82, 2.24) is 0 Å². The predicted octanol–water partition coefficient (Wildman–Crippen LogP) is 3.48. The van der Waals surface area contributed by atoms with Crippen molar-refractivity contribution in [3.63, 3.8) is 0 Å². The highest BCUT2D eigenvalue weighted by molar-refractivity contribution is 6.10. The molecule has 0 amide bonds. The second-order valence-corrected chi connectivity index (χ2v) is 3.92. The van der Waals surface area contributed by atoms with Crippen LogP contribution in [0.4, 0.5) is 17.6 Å². The van der Waals surface area contributed by atoms with Gasteiger partial charge in [-0.2, -0.15) is 0 Å². The molecule has 0 saturated heterocycles. The Morgan fingerprint density at radius 2 is 1.55 bits per heavy atom. The molecule has 0 radical (unpaired) electrons. The smallest absolute Gasteiger partial charge is 0.199 e. The third-order valence-corrected chi connectivity index (χ3v) is 2.66. The minimum atomic E-state index is -1.41. The maximum absolute atomic E-state index is 13.5. The van der Waals surface area contributed by atoms with Crippen LogP contribution < -0.4 is 4.74 Å². The first-order valence-electron chi connectivity index (χ1n) is 5.47. The summed E-state index contributed by atoms with van der Waals surface area (Å²) in [5.74, 6) is -5.76. The molecule has 0 fully saturated rings. The number of ketones is 1. The normalized spacial score (nSPS) is 10.4. The molecule has 0 atom stereocenters. The van der Waals surface area contributed by atoms with Crippen LogP contribution in [-0.2, 0) is 0 Å². The lowest BCUT2D eigenvalue weighted by Crippen LogP contribution is -2.08. The highest BCUT2D eigenvalue weighted by atomic mass is 19.2. The van der Waals surface area contributed by atoms with E-state index in [0.717, 1.165) is 12.1 Å². The molecule has 0 aliphatic rings. The van der Waals surface area contributed by atoms with Gasteiger partial charge in [-0.25, -0.2) is 17.6 Å². The van der Waals surface area contributed by atoms with Gasteiger partial charge >= 0.3 is 0 Å². The van der Waals surface area contributed by atoms with E-state index in [9.17, 15) is 22.4 Å². The number of rotatable bonds is 3. The van der Waals surface area contributed by atoms with Crippen LogP contribution in [0.3, 0.4) is 0 Å². The number of benzene rings is 2. The molecule has 2 nitrogen and oxygen atoms in total. The summed E-state index contributed by atoms with van der Waals surface area (Å²) in [7, 11) is 1.24. The second-order valence-electron chi connectivity index (χ2n) is 3.92. The van der Waals surface area contributed by atoms with E-state index in [-0.39, 0.29) is 17.4 Å². The third-order valence-electron chi connectivity index (χ3n) is 2.66. The Balaban J connectivity index is 2.57. The highest BCUT2D eigenvalue weighted by Crippen LogP contribution is 2.24. The Morgan fingerprint density at radius 1 is 0.900 bits per heavy atom. The molecule has 6 heteroatoms. The van der Waals surface area contributed by atoms with Crippen molar-refractivity contribution in [3.05, 3.63) is 64.7 Å². The largest absolute Gasteiger partial charge is 0.496 e. The summed E-state index contributed by atoms with van der Waals surface area (Å²) >= 11 is 0. The minimum Gasteiger partial charge on any atom is -0.496 e. The molecule has 2 aromatic rings. The van der Waals surface area contributed by atoms with E-state index in [1.54, 1.807) is 0 Å². The van der Waals surface area contributed by atoms with Crippen LogP contribution in [0.25, 0.3) is 0 Å². The summed E-state index contributed by atoms with van der Waals surface area (Å²) in [4.78, 5) is 12.1. The predicted molar refractivity (Wildman–Crippen MR) is 62.7 cm³/mol. The van der Waals surface area contributed by atoms with Crippen LogP contribution in [0.2, 0.25) is 0 Å². The Labute approximate surface area is 111 Å². The van der Waals surface area contributed by atoms with Crippen molar-refractivity contribution in [2.75, 3.05) is 7.11 Å². The molecule has 2 rings (SSSR count). The Kier molecular flexibility index (Phi) is 3.74. The number of halogens is 4. The molecule has 0 aliphatic heterocycles. The SMILES string of the molecule is COc1ccc(F)cc1C(=O)c1cc(F)c(F)cc1F. The van der Waals surface area contributed by atoms with Crippen molar-refractivity contribution in [3.8, 4) is 5.75 Å². The number of hydrogen-bond acceptors (Lipinski definition) is 2. The maximum atomic E-state index is 13.5. The average molecular weight is 284 g/mol. The van der Waals surface area contributed by atoms with Crippen LogP contribution in [-0.4, -0.2) is 12.9 Å². The number of carbonyl (C=O) groups is 1. The minimum absolute atomic E-state index is 0.000494. The Hall–Kier alpha value is -2.37. The van der Waals surface area contributed by atoms with Gasteiger partial charge in [0.15, 0.2) is 17.4 Å². The number of methoxy groups -OCH3 is 1. The van der Waals surface area contributed by atoms with Crippen LogP contribution in [0.1, 0.15) is 15.9 Å². The van der Waals surface area contributed by atoms with E-state index < -0.39 is 34.6 Å². The van der Waals surface area contributed by atoms with Gasteiger partial charge in [-0.3, -0.25) is 4.79 Å². The van der Waals surface area contributed by atoms with E-state index in [4.69, 9.17) is 4.74 Å². The molecular weight excluding hydrogens is 276 g/mol. The molecule has 0 aromatic heterocycles. The zero-order valence-electron chi connectivity index (χ0n) is 10.2. The van der Waals surface area contributed by atoms with Crippen LogP contribution in [0, 0.1) is 23.3 Å². The van der Waals surface area contributed by atoms with Crippen LogP contribution in [0.15, 0.2) is 30.3 Å². The fraction of sp³-hybridized carbons (Fsp3) is 0.0714. The van der Waals surface area contributed by atoms with E-state index in [1.165, 1.54) is 13.2 Å². The summed E-state index contributed by atoms with van der Waals surface area (Å²) in [6.07, 6.45) is 0. The summed E-state index contributed by atoms with van der Waals surface area (Å²) in [5, 5.41) is 0. The number of hydrogen-bond donors (Lipinski definition) is 0. The molecule has 104 valence electrons. The lowest BCUT2D eigenvalue weighted by Gasteiger charge is -2.08. The molecule has 0 spiro atoms. The van der Waals surface area contributed by atoms with Crippen molar-refractivity contribution >= 4 is 5.78 Å². The number of ether oxygens (including phenoxy) is 1. The molecule has 2 aromatic carbocycles. The summed E-state index contributed by atoms with van der Waals surface area (Å²) in [6, 6.07) is 3.76. The fourth-order valence-electron chi connectivity index (χ4n) is 1.70. The van der Waals surface area contributed by atoms with Gasteiger partial charge in [0, 0.05) is 6.07 Å². The van der Waals surface area contributed by atoms with E-state index in [0.29, 0.717) is 6.07 Å². The van der Waals surface area contributed by atoms with Crippen molar-refractivity contribution in [2.24, 2.45) is 0 Å². The van der Waals surface area contributed by atoms with Gasteiger partial charge in [-0.05, 0) is 24.3 Å². The average Bonchev–Trinajstić information content (AvgIpc) is 2.42. The van der Waals surface area contributed by atoms with Crippen LogP contribution >= 0.6 is 0 Å². The van der Waals surface area contributed by atoms with Crippen LogP contribution in [0.5, 0.6) is 5.75 Å². The lowest BCUT2D eigenvalue weighted by molar-refractivity contribution is 0.103. The zero-order valence-corrected chi connectivity index (χ0v) is 10.2. The monoisotopic (exact) mass is 284 g/mol. The zero-order chi connectivity index (χ0) is 14.9. The molecule has 0 N–H and O–H groups in total. The molecule has 0 aliphatic carbocycles. The van der Waals surface area contributed by atoms with Gasteiger partial charge < -0.3 is 4.74 Å². The third kappa shape index (κ3) is 2.49. The Morgan fingerprint density at radius 3 is 2.20 bits per heavy atom. The van der Waals surface area contributed by atoms with Gasteiger partial charge in [0.25, 0.3) is 0 Å². The molecule has 0 unspecified atom stereocenters. The lowest BCUT2D eigenvalue weighted by atomic mass is 10.0. The van der Waals surface area contributed by atoms with E-state index >= 15 is 0 Å². The standard InChI is InChI=1S/C14H8F4O2/c1-20-13-3-2-7(15)4-9(13)14(19)8-5-11(17)12(18)6-10(8)16/h2-6H,1H3. The van der Waals surface area contributed by atoms with Crippen molar-refractivity contribution < 1.29 is 27.1 Å². The van der Waals surface area contributed by atoms with Gasteiger partial charge in [-0.15, -0.1) is 0 Å². The van der Waals surface area contributed by atoms with Crippen molar-refractivity contribution in [2.45, 2.75) is 0 Å². The summed E-state index contributed by atoms with van der Waals surface area (Å²) in [6.45, 7) is 0. The van der Waals surface area contributed by atoms with Gasteiger partial charge in [0.05, 0.1) is 18.2 Å². The topological polar surface area (TPSA) is 26.3 Å². The molecular formula is C14H8F4O2. The first kappa shape index (κ1) is 14.0. The highest BCUT2D eigenvalue weighted by Gasteiger charge is 2.21. The fourth-order valence-corrected chi connectivity index (χ4v) is 1.70. The van der Waals surface area contributed by atoms with Gasteiger partial charge in [0.1, 0.15) is 17.4 Å². The first-order chi connectivity index (χ1) is 9.43. The molecule has 0 bridgehead atoms. The van der Waals surface area contributed by atoms with Gasteiger partial charge in [0.2, 0.25) is 0 Å². The Bertz CT molecular complexity index is 683. The van der Waals surface area contributed by atoms with E-state index in [2.05, 4.69) is 0 Å². The molecule has 0 heterocycles. The summed E-state index contributed by atoms with van der Waals surface area (Å²) < 4.78 is 57.5. The van der Waals surface area contributed by atoms with E-state index in [1.807, 2.05) is 0 Å². The van der Waals surface area contributed by atoms with Crippen molar-refractivity contribution in [1.29, 1.82) is 0 Å². The molecule has 0 saturated carbocycles. The van der Waals surface area contributed by atoms with Gasteiger partial charge in [-0.1, -0.05) is 0 Å². The number of carbonyl (C=O) groups excluding carboxylic acids is 1. The molecule has 20 heavy (non-hydrogen) atoms. The summed E-state index contributed by atoms with van der Waals surface area (Å²) in [5.41, 5.74) is -0.981. The first-order valence-corrected chi connectivity index (χ1v) is 5.47. The second kappa shape index (κ2) is 5.32.